The first-order chi connectivity index (χ1) is 19.8. The largest absolute Gasteiger partial charge is 0.417 e. The van der Waals surface area contributed by atoms with Gasteiger partial charge in [-0.25, -0.2) is 8.78 Å². The number of rotatable bonds is 5. The number of nitrogens with zero attached hydrogens (tertiary/aromatic N) is 3. The number of thioether (sulfide) groups is 1. The predicted molar refractivity (Wildman–Crippen MR) is 151 cm³/mol. The molecule has 0 saturated carbocycles. The van der Waals surface area contributed by atoms with E-state index in [-0.39, 0.29) is 58.8 Å². The lowest BCUT2D eigenvalue weighted by Crippen LogP contribution is -2.60. The quantitative estimate of drug-likeness (QED) is 0.221. The normalized spacial score (nSPS) is 24.5. The molecular weight excluding hydrogens is 601 g/mol. The van der Waals surface area contributed by atoms with Crippen LogP contribution in [0.5, 0.6) is 0 Å². The fourth-order valence-corrected chi connectivity index (χ4v) is 7.94. The molecule has 226 valence electrons. The van der Waals surface area contributed by atoms with Crippen molar-refractivity contribution in [1.29, 1.82) is 0 Å². The van der Waals surface area contributed by atoms with E-state index in [9.17, 15) is 27.2 Å². The Kier molecular flexibility index (Phi) is 8.38. The molecule has 0 bridgehead atoms. The maximum Gasteiger partial charge on any atom is 0.417 e. The molecule has 1 unspecified atom stereocenters. The number of benzene rings is 2. The molecule has 0 radical (unpaired) electrons. The van der Waals surface area contributed by atoms with Crippen molar-refractivity contribution in [1.82, 2.24) is 9.80 Å². The molecule has 0 aromatic heterocycles. The first-order valence-electron chi connectivity index (χ1n) is 13.3. The molecule has 13 heteroatoms. The Morgan fingerprint density at radius 1 is 1.17 bits per heavy atom. The smallest absolute Gasteiger partial charge is 0.383 e. The van der Waals surface area contributed by atoms with Gasteiger partial charge in [0.25, 0.3) is 0 Å². The van der Waals surface area contributed by atoms with Crippen molar-refractivity contribution < 1.29 is 36.3 Å². The van der Waals surface area contributed by atoms with Gasteiger partial charge in [0.1, 0.15) is 11.6 Å². The molecule has 2 aromatic rings. The first-order valence-corrected chi connectivity index (χ1v) is 14.7. The number of anilines is 1. The van der Waals surface area contributed by atoms with Crippen LogP contribution in [0.1, 0.15) is 37.4 Å². The second kappa shape index (κ2) is 11.4. The summed E-state index contributed by atoms with van der Waals surface area (Å²) in [5.74, 6) is -2.64. The zero-order chi connectivity index (χ0) is 30.7. The van der Waals surface area contributed by atoms with Gasteiger partial charge >= 0.3 is 6.18 Å². The summed E-state index contributed by atoms with van der Waals surface area (Å²) < 4.78 is 78.9. The lowest BCUT2D eigenvalue weighted by molar-refractivity contribution is -0.138. The minimum Gasteiger partial charge on any atom is -0.383 e. The molecule has 1 fully saturated rings. The fraction of sp³-hybridized carbons (Fsp3) is 0.448. The number of alkyl halides is 3. The van der Waals surface area contributed by atoms with Crippen LogP contribution in [0.2, 0.25) is 5.02 Å². The van der Waals surface area contributed by atoms with Crippen molar-refractivity contribution in [2.24, 2.45) is 0 Å². The van der Waals surface area contributed by atoms with Crippen molar-refractivity contribution in [3.63, 3.8) is 0 Å². The van der Waals surface area contributed by atoms with Crippen LogP contribution in [-0.2, 0) is 20.5 Å². The summed E-state index contributed by atoms with van der Waals surface area (Å²) in [4.78, 5) is 31.4. The van der Waals surface area contributed by atoms with E-state index in [1.807, 2.05) is 18.7 Å². The maximum absolute atomic E-state index is 15.2. The maximum atomic E-state index is 15.2. The van der Waals surface area contributed by atoms with Gasteiger partial charge in [-0.1, -0.05) is 18.2 Å². The van der Waals surface area contributed by atoms with Gasteiger partial charge in [0, 0.05) is 72.6 Å². The van der Waals surface area contributed by atoms with Gasteiger partial charge in [0.15, 0.2) is 0 Å². The van der Waals surface area contributed by atoms with E-state index in [0.29, 0.717) is 19.2 Å². The van der Waals surface area contributed by atoms with Crippen LogP contribution in [0.15, 0.2) is 35.7 Å². The summed E-state index contributed by atoms with van der Waals surface area (Å²) in [6.45, 7) is 8.02. The predicted octanol–water partition coefficient (Wildman–Crippen LogP) is 6.31. The van der Waals surface area contributed by atoms with E-state index in [4.69, 9.17) is 16.3 Å². The molecule has 0 aliphatic carbocycles. The zero-order valence-electron chi connectivity index (χ0n) is 23.1. The first kappa shape index (κ1) is 30.8. The molecule has 42 heavy (non-hydrogen) atoms. The van der Waals surface area contributed by atoms with Gasteiger partial charge in [0.05, 0.1) is 28.9 Å². The highest BCUT2D eigenvalue weighted by atomic mass is 35.5. The number of ether oxygens (including phenoxy) is 1. The second-order valence-corrected chi connectivity index (χ2v) is 12.3. The number of carbonyl (C=O) groups excluding carboxylic acids is 2. The third-order valence-electron chi connectivity index (χ3n) is 8.07. The molecule has 1 saturated heterocycles. The van der Waals surface area contributed by atoms with Crippen LogP contribution < -0.4 is 4.90 Å². The van der Waals surface area contributed by atoms with Crippen molar-refractivity contribution in [3.05, 3.63) is 58.6 Å². The number of methoxy groups -OCH3 is 1. The molecule has 5 rings (SSSR count). The van der Waals surface area contributed by atoms with Crippen LogP contribution >= 0.6 is 23.4 Å². The van der Waals surface area contributed by atoms with Crippen LogP contribution in [0.4, 0.5) is 27.6 Å². The SMILES string of the molecule is C=CC(=O)N1[C@H](C)CN(C2CC(=O)N3c4c2cc(C(F)(F)F)c(-c2cc(Cl)c(F)cc2F)c4SC[C@@H]3COC)C[C@@H]1C. The van der Waals surface area contributed by atoms with Gasteiger partial charge in [-0.2, -0.15) is 13.2 Å². The number of piperazine rings is 1. The Balaban J connectivity index is 1.74. The van der Waals surface area contributed by atoms with Gasteiger partial charge in [-0.3, -0.25) is 14.5 Å². The summed E-state index contributed by atoms with van der Waals surface area (Å²) in [7, 11) is 1.47. The van der Waals surface area contributed by atoms with E-state index >= 15 is 4.39 Å². The minimum atomic E-state index is -4.91. The molecule has 0 N–H and O–H groups in total. The van der Waals surface area contributed by atoms with Crippen molar-refractivity contribution in [2.45, 2.75) is 55.5 Å². The second-order valence-electron chi connectivity index (χ2n) is 10.8. The summed E-state index contributed by atoms with van der Waals surface area (Å²) >= 11 is 6.99. The standard InChI is InChI=1S/C29H29ClF5N3O3S/c1-5-24(39)37-14(2)10-36(11-15(37)3)23-9-25(40)38-16(12-41-4)13-42-28-26(17-7-20(30)22(32)8-21(17)31)19(29(33,34)35)6-18(23)27(28)38/h5-8,14-16,23H,1,9-13H2,2-4H3/t14-,15+,16-,23?/m0/s1. The molecule has 3 heterocycles. The summed E-state index contributed by atoms with van der Waals surface area (Å²) in [5.41, 5.74) is -1.54. The number of hydrogen-bond donors (Lipinski definition) is 0. The average molecular weight is 630 g/mol. The average Bonchev–Trinajstić information content (AvgIpc) is 2.91. The van der Waals surface area contributed by atoms with Crippen LogP contribution in [0.3, 0.4) is 0 Å². The van der Waals surface area contributed by atoms with E-state index in [1.165, 1.54) is 18.1 Å². The number of halogens is 6. The van der Waals surface area contributed by atoms with E-state index in [1.54, 1.807) is 4.90 Å². The van der Waals surface area contributed by atoms with Crippen molar-refractivity contribution in [3.8, 4) is 11.1 Å². The third-order valence-corrected chi connectivity index (χ3v) is 9.59. The van der Waals surface area contributed by atoms with Gasteiger partial charge in [-0.05, 0) is 37.6 Å². The van der Waals surface area contributed by atoms with Gasteiger partial charge < -0.3 is 14.5 Å². The molecule has 3 aliphatic rings. The van der Waals surface area contributed by atoms with Crippen LogP contribution in [0.25, 0.3) is 11.1 Å². The monoisotopic (exact) mass is 629 g/mol. The Hall–Kier alpha value is -2.67. The molecular formula is C29H29ClF5N3O3S. The lowest BCUT2D eigenvalue weighted by atomic mass is 9.86. The number of carbonyl (C=O) groups is 2. The van der Waals surface area contributed by atoms with E-state index in [0.717, 1.165) is 23.9 Å². The van der Waals surface area contributed by atoms with E-state index in [2.05, 4.69) is 6.58 Å². The van der Waals surface area contributed by atoms with E-state index < -0.39 is 51.6 Å². The summed E-state index contributed by atoms with van der Waals surface area (Å²) in [6.07, 6.45) is -3.77. The molecule has 0 spiro atoms. The van der Waals surface area contributed by atoms with Gasteiger partial charge in [0.2, 0.25) is 11.8 Å². The molecule has 6 nitrogen and oxygen atoms in total. The minimum absolute atomic E-state index is 0.0772. The highest BCUT2D eigenvalue weighted by molar-refractivity contribution is 7.99. The Morgan fingerprint density at radius 2 is 1.83 bits per heavy atom. The third kappa shape index (κ3) is 5.20. The van der Waals surface area contributed by atoms with Crippen LogP contribution in [0, 0.1) is 11.6 Å². The molecule has 2 aromatic carbocycles. The summed E-state index contributed by atoms with van der Waals surface area (Å²) in [5, 5.41) is -0.525. The highest BCUT2D eigenvalue weighted by Gasteiger charge is 2.48. The Labute approximate surface area is 249 Å². The Bertz CT molecular complexity index is 1440. The topological polar surface area (TPSA) is 53.1 Å². The Morgan fingerprint density at radius 3 is 2.43 bits per heavy atom. The van der Waals surface area contributed by atoms with Crippen molar-refractivity contribution in [2.75, 3.05) is 37.5 Å². The molecule has 3 aliphatic heterocycles. The number of amides is 2. The molecule has 2 amide bonds. The fourth-order valence-electron chi connectivity index (χ4n) is 6.45. The molecule has 4 atom stereocenters. The van der Waals surface area contributed by atoms with Gasteiger partial charge in [-0.15, -0.1) is 11.8 Å². The number of hydrogen-bond acceptors (Lipinski definition) is 5. The lowest BCUT2D eigenvalue weighted by Gasteiger charge is -2.50. The highest BCUT2D eigenvalue weighted by Crippen LogP contribution is 2.55. The van der Waals surface area contributed by atoms with Crippen LogP contribution in [-0.4, -0.2) is 72.3 Å². The summed E-state index contributed by atoms with van der Waals surface area (Å²) in [6, 6.07) is 0.516. The van der Waals surface area contributed by atoms with Crippen molar-refractivity contribution >= 4 is 40.9 Å². The zero-order valence-corrected chi connectivity index (χ0v) is 24.7.